The van der Waals surface area contributed by atoms with Gasteiger partial charge >= 0.3 is 5.97 Å². The third kappa shape index (κ3) is 2.44. The van der Waals surface area contributed by atoms with Crippen LogP contribution in [0.25, 0.3) is 21.9 Å². The number of carboxylic acid groups (broad SMARTS) is 1. The lowest BCUT2D eigenvalue weighted by atomic mass is 9.34. The molecule has 3 aliphatic carbocycles. The lowest BCUT2D eigenvalue weighted by molar-refractivity contribution is -0.195. The molecule has 0 amide bonds. The highest BCUT2D eigenvalue weighted by Gasteiger charge is 2.73. The third-order valence-electron chi connectivity index (χ3n) is 7.00. The number of aryl methyl sites for hydroxylation is 1. The first-order valence-corrected chi connectivity index (χ1v) is 10.3. The van der Waals surface area contributed by atoms with Crippen LogP contribution in [0.15, 0.2) is 36.4 Å². The topological polar surface area (TPSA) is 70.4 Å². The van der Waals surface area contributed by atoms with Crippen molar-refractivity contribution < 1.29 is 19.4 Å². The zero-order valence-electron chi connectivity index (χ0n) is 17.3. The van der Waals surface area contributed by atoms with E-state index in [4.69, 9.17) is 4.98 Å². The minimum absolute atomic E-state index is 0.128. The zero-order chi connectivity index (χ0) is 21.4. The summed E-state index contributed by atoms with van der Waals surface area (Å²) in [5.41, 5.74) is 3.39. The number of hydrogen-bond acceptors (Lipinski definition) is 3. The van der Waals surface area contributed by atoms with Gasteiger partial charge in [-0.05, 0) is 78.9 Å². The number of pyridine rings is 1. The number of benzene rings is 2. The van der Waals surface area contributed by atoms with Gasteiger partial charge in [-0.25, -0.2) is 4.39 Å². The Kier molecular flexibility index (Phi) is 3.83. The van der Waals surface area contributed by atoms with Gasteiger partial charge in [0.2, 0.25) is 0 Å². The number of aromatic hydroxyl groups is 1. The molecule has 154 valence electrons. The molecule has 2 bridgehead atoms. The van der Waals surface area contributed by atoms with Crippen LogP contribution in [0.1, 0.15) is 56.0 Å². The Morgan fingerprint density at radius 3 is 2.40 bits per heavy atom. The standard InChI is InChI=1S/C25H24FNO3/c1-13(2)21-20(15-4-7-19(26)14(3)8-15)17-6-5-16(28)9-18(17)22(27-21)24-10-25(11-24,12-24)23(29)30/h4-9,13,28H,10-12H2,1-3H3,(H,29,30). The fraction of sp³-hybridized carbons (Fsp3) is 0.360. The summed E-state index contributed by atoms with van der Waals surface area (Å²) >= 11 is 0. The Hall–Kier alpha value is -2.95. The highest BCUT2D eigenvalue weighted by Crippen LogP contribution is 2.74. The van der Waals surface area contributed by atoms with Gasteiger partial charge < -0.3 is 10.2 Å². The van der Waals surface area contributed by atoms with Crippen LogP contribution >= 0.6 is 0 Å². The first-order chi connectivity index (χ1) is 14.2. The quantitative estimate of drug-likeness (QED) is 0.585. The molecular weight excluding hydrogens is 381 g/mol. The normalized spacial score (nSPS) is 24.6. The van der Waals surface area contributed by atoms with Gasteiger partial charge in [0.05, 0.1) is 16.8 Å². The summed E-state index contributed by atoms with van der Waals surface area (Å²) in [5, 5.41) is 21.6. The zero-order valence-corrected chi connectivity index (χ0v) is 17.3. The largest absolute Gasteiger partial charge is 0.508 e. The molecule has 4 nitrogen and oxygen atoms in total. The molecular formula is C25H24FNO3. The van der Waals surface area contributed by atoms with Gasteiger partial charge in [-0.15, -0.1) is 0 Å². The van der Waals surface area contributed by atoms with Crippen LogP contribution in [-0.4, -0.2) is 21.2 Å². The second kappa shape index (κ2) is 6.03. The molecule has 0 spiro atoms. The molecule has 0 saturated heterocycles. The number of nitrogens with zero attached hydrogens (tertiary/aromatic N) is 1. The molecule has 0 atom stereocenters. The van der Waals surface area contributed by atoms with Crippen molar-refractivity contribution in [3.05, 3.63) is 59.2 Å². The first kappa shape index (κ1) is 19.0. The first-order valence-electron chi connectivity index (χ1n) is 10.3. The van der Waals surface area contributed by atoms with E-state index in [1.807, 2.05) is 12.1 Å². The minimum atomic E-state index is -0.723. The molecule has 5 heteroatoms. The van der Waals surface area contributed by atoms with Crippen LogP contribution < -0.4 is 0 Å². The van der Waals surface area contributed by atoms with Crippen LogP contribution in [0.2, 0.25) is 0 Å². The molecule has 0 aliphatic heterocycles. The number of hydrogen-bond donors (Lipinski definition) is 2. The van der Waals surface area contributed by atoms with Crippen LogP contribution in [0.3, 0.4) is 0 Å². The molecule has 3 aliphatic rings. The van der Waals surface area contributed by atoms with Crippen molar-refractivity contribution in [2.45, 2.75) is 51.4 Å². The summed E-state index contributed by atoms with van der Waals surface area (Å²) in [7, 11) is 0. The number of phenols is 1. The number of phenolic OH excluding ortho intramolecular Hbond substituents is 1. The maximum atomic E-state index is 13.9. The molecule has 0 radical (unpaired) electrons. The highest BCUT2D eigenvalue weighted by atomic mass is 19.1. The molecule has 30 heavy (non-hydrogen) atoms. The number of aromatic nitrogens is 1. The van der Waals surface area contributed by atoms with Crippen LogP contribution in [-0.2, 0) is 10.2 Å². The number of fused-ring (bicyclic) bond motifs is 1. The van der Waals surface area contributed by atoms with Gasteiger partial charge in [0.15, 0.2) is 0 Å². The van der Waals surface area contributed by atoms with Gasteiger partial charge in [-0.2, -0.15) is 0 Å². The van der Waals surface area contributed by atoms with Crippen LogP contribution in [0, 0.1) is 18.2 Å². The van der Waals surface area contributed by atoms with Crippen LogP contribution in [0.5, 0.6) is 5.75 Å². The van der Waals surface area contributed by atoms with Gasteiger partial charge in [0.1, 0.15) is 11.6 Å². The van der Waals surface area contributed by atoms with Gasteiger partial charge in [0.25, 0.3) is 0 Å². The Morgan fingerprint density at radius 2 is 1.80 bits per heavy atom. The fourth-order valence-electron chi connectivity index (χ4n) is 5.51. The number of carboxylic acids is 1. The maximum Gasteiger partial charge on any atom is 0.309 e. The van der Waals surface area contributed by atoms with Gasteiger partial charge in [0, 0.05) is 16.4 Å². The summed E-state index contributed by atoms with van der Waals surface area (Å²) in [5.74, 6) is -0.685. The predicted octanol–water partition coefficient (Wildman–Crippen LogP) is 5.68. The molecule has 3 saturated carbocycles. The summed E-state index contributed by atoms with van der Waals surface area (Å²) < 4.78 is 13.9. The Morgan fingerprint density at radius 1 is 1.10 bits per heavy atom. The van der Waals surface area contributed by atoms with E-state index in [1.165, 1.54) is 6.07 Å². The van der Waals surface area contributed by atoms with E-state index in [-0.39, 0.29) is 22.9 Å². The van der Waals surface area contributed by atoms with Crippen molar-refractivity contribution in [3.8, 4) is 16.9 Å². The Bertz CT molecular complexity index is 1210. The van der Waals surface area contributed by atoms with Gasteiger partial charge in [-0.1, -0.05) is 19.9 Å². The summed E-state index contributed by atoms with van der Waals surface area (Å²) in [6, 6.07) is 10.4. The molecule has 2 aromatic carbocycles. The Labute approximate surface area is 174 Å². The van der Waals surface area contributed by atoms with E-state index >= 15 is 0 Å². The number of aliphatic carboxylic acids is 1. The molecule has 1 aromatic heterocycles. The van der Waals surface area contributed by atoms with Gasteiger partial charge in [-0.3, -0.25) is 9.78 Å². The average molecular weight is 405 g/mol. The van der Waals surface area contributed by atoms with Crippen molar-refractivity contribution >= 4 is 16.7 Å². The smallest absolute Gasteiger partial charge is 0.309 e. The van der Waals surface area contributed by atoms with E-state index in [9.17, 15) is 19.4 Å². The molecule has 3 fully saturated rings. The molecule has 1 heterocycles. The van der Waals surface area contributed by atoms with E-state index < -0.39 is 11.4 Å². The molecule has 2 N–H and O–H groups in total. The minimum Gasteiger partial charge on any atom is -0.508 e. The molecule has 0 unspecified atom stereocenters. The summed E-state index contributed by atoms with van der Waals surface area (Å²) in [6.07, 6.45) is 1.79. The Balaban J connectivity index is 1.77. The second-order valence-corrected chi connectivity index (χ2v) is 9.47. The molecule has 6 rings (SSSR count). The fourth-order valence-corrected chi connectivity index (χ4v) is 5.51. The maximum absolute atomic E-state index is 13.9. The average Bonchev–Trinajstić information content (AvgIpc) is 2.61. The van der Waals surface area contributed by atoms with Crippen molar-refractivity contribution in [2.75, 3.05) is 0 Å². The lowest BCUT2D eigenvalue weighted by Gasteiger charge is -2.68. The van der Waals surface area contributed by atoms with Crippen molar-refractivity contribution in [1.82, 2.24) is 4.98 Å². The van der Waals surface area contributed by atoms with Crippen molar-refractivity contribution in [1.29, 1.82) is 0 Å². The monoisotopic (exact) mass is 405 g/mol. The van der Waals surface area contributed by atoms with E-state index in [0.717, 1.165) is 33.3 Å². The highest BCUT2D eigenvalue weighted by molar-refractivity contribution is 6.01. The number of halogens is 1. The van der Waals surface area contributed by atoms with Crippen molar-refractivity contribution in [2.24, 2.45) is 5.41 Å². The van der Waals surface area contributed by atoms with Crippen molar-refractivity contribution in [3.63, 3.8) is 0 Å². The lowest BCUT2D eigenvalue weighted by Crippen LogP contribution is -2.68. The molecule has 3 aromatic rings. The van der Waals surface area contributed by atoms with Crippen LogP contribution in [0.4, 0.5) is 4.39 Å². The van der Waals surface area contributed by atoms with E-state index in [1.54, 1.807) is 25.1 Å². The number of carbonyl (C=O) groups is 1. The second-order valence-electron chi connectivity index (χ2n) is 9.47. The SMILES string of the molecule is Cc1cc(-c2c(C(C)C)nc(C34CC(C(=O)O)(C3)C4)c3cc(O)ccc23)ccc1F. The van der Waals surface area contributed by atoms with E-state index in [0.29, 0.717) is 24.8 Å². The summed E-state index contributed by atoms with van der Waals surface area (Å²) in [4.78, 5) is 16.7. The predicted molar refractivity (Wildman–Crippen MR) is 113 cm³/mol. The third-order valence-corrected chi connectivity index (χ3v) is 7.00. The van der Waals surface area contributed by atoms with E-state index in [2.05, 4.69) is 13.8 Å². The summed E-state index contributed by atoms with van der Waals surface area (Å²) in [6.45, 7) is 5.91. The number of rotatable bonds is 4.